The monoisotopic (exact) mass is 594 g/mol. The molecule has 1 aliphatic carbocycles. The van der Waals surface area contributed by atoms with Crippen molar-refractivity contribution in [2.45, 2.75) is 25.5 Å². The minimum Gasteiger partial charge on any atom is -0.489 e. The Balaban J connectivity index is 1.32. The standard InChI is InChI=1S/C34H24Cl2N2O2S/c35-25-15-12-23(13-16-25)32-28-17-14-22-7-1-3-10-27(22)31(28)37-34-38(32)33(39)30(41-34)19-21-6-5-9-26(18-21)40-20-24-8-2-4-11-29(24)36/h1-13,15-16,18-19,32H,14,17,20H2/b30-19-/t32-/m1/s1. The molecule has 0 amide bonds. The molecule has 4 aromatic carbocycles. The number of benzene rings is 4. The highest BCUT2D eigenvalue weighted by Crippen LogP contribution is 2.41. The lowest BCUT2D eigenvalue weighted by Crippen LogP contribution is -2.38. The van der Waals surface area contributed by atoms with Gasteiger partial charge in [-0.3, -0.25) is 9.36 Å². The fourth-order valence-corrected chi connectivity index (χ4v) is 6.91. The summed E-state index contributed by atoms with van der Waals surface area (Å²) in [5.41, 5.74) is 7.35. The van der Waals surface area contributed by atoms with E-state index >= 15 is 0 Å². The number of fused-ring (bicyclic) bond motifs is 3. The fraction of sp³-hybridized carbons (Fsp3) is 0.118. The van der Waals surface area contributed by atoms with Gasteiger partial charge in [-0.05, 0) is 71.5 Å². The van der Waals surface area contributed by atoms with Gasteiger partial charge in [0.15, 0.2) is 4.80 Å². The first-order chi connectivity index (χ1) is 20.0. The third-order valence-electron chi connectivity index (χ3n) is 7.57. The van der Waals surface area contributed by atoms with Crippen LogP contribution in [0.5, 0.6) is 5.75 Å². The lowest BCUT2D eigenvalue weighted by Gasteiger charge is -2.30. The van der Waals surface area contributed by atoms with Gasteiger partial charge in [-0.1, -0.05) is 101 Å². The Morgan fingerprint density at radius 1 is 0.927 bits per heavy atom. The summed E-state index contributed by atoms with van der Waals surface area (Å²) in [5, 5.41) is 1.34. The molecule has 5 aromatic rings. The van der Waals surface area contributed by atoms with Crippen LogP contribution in [0, 0.1) is 0 Å². The third kappa shape index (κ3) is 4.95. The van der Waals surface area contributed by atoms with Gasteiger partial charge >= 0.3 is 0 Å². The van der Waals surface area contributed by atoms with Gasteiger partial charge in [-0.2, -0.15) is 0 Å². The largest absolute Gasteiger partial charge is 0.489 e. The van der Waals surface area contributed by atoms with Crippen molar-refractivity contribution in [1.29, 1.82) is 0 Å². The third-order valence-corrected chi connectivity index (χ3v) is 9.17. The van der Waals surface area contributed by atoms with Crippen LogP contribution in [0.15, 0.2) is 112 Å². The summed E-state index contributed by atoms with van der Waals surface area (Å²) in [6.45, 7) is 0.361. The lowest BCUT2D eigenvalue weighted by molar-refractivity contribution is 0.306. The number of hydrogen-bond donors (Lipinski definition) is 0. The molecular formula is C34H24Cl2N2O2S. The SMILES string of the molecule is O=c1/c(=C/c2cccc(OCc3ccccc3Cl)c2)sc2n1[C@H](c1ccc(Cl)cc1)C1=C(N=2)c2ccccc2CC1. The number of nitrogens with zero attached hydrogens (tertiary/aromatic N) is 2. The van der Waals surface area contributed by atoms with E-state index in [9.17, 15) is 4.79 Å². The Morgan fingerprint density at radius 2 is 1.73 bits per heavy atom. The maximum Gasteiger partial charge on any atom is 0.271 e. The molecule has 1 atom stereocenters. The van der Waals surface area contributed by atoms with Gasteiger partial charge in [0.1, 0.15) is 12.4 Å². The summed E-state index contributed by atoms with van der Waals surface area (Å²) in [5.74, 6) is 0.706. The van der Waals surface area contributed by atoms with E-state index in [0.717, 1.165) is 40.8 Å². The molecule has 0 fully saturated rings. The van der Waals surface area contributed by atoms with Crippen LogP contribution >= 0.6 is 34.5 Å². The van der Waals surface area contributed by atoms with Crippen LogP contribution in [0.1, 0.15) is 40.3 Å². The molecule has 0 spiro atoms. The topological polar surface area (TPSA) is 43.6 Å². The highest BCUT2D eigenvalue weighted by Gasteiger charge is 2.32. The number of aromatic nitrogens is 1. The van der Waals surface area contributed by atoms with Crippen LogP contribution in [-0.4, -0.2) is 4.57 Å². The Hall–Kier alpha value is -3.90. The highest BCUT2D eigenvalue weighted by molar-refractivity contribution is 7.07. The summed E-state index contributed by atoms with van der Waals surface area (Å²) in [7, 11) is 0. The molecule has 2 aliphatic rings. The zero-order chi connectivity index (χ0) is 27.9. The van der Waals surface area contributed by atoms with Crippen molar-refractivity contribution in [3.63, 3.8) is 0 Å². The van der Waals surface area contributed by atoms with Crippen molar-refractivity contribution >= 4 is 46.3 Å². The van der Waals surface area contributed by atoms with Crippen LogP contribution in [0.4, 0.5) is 0 Å². The van der Waals surface area contributed by atoms with Gasteiger partial charge in [-0.25, -0.2) is 4.99 Å². The van der Waals surface area contributed by atoms with E-state index in [1.54, 1.807) is 0 Å². The van der Waals surface area contributed by atoms with Crippen molar-refractivity contribution in [2.75, 3.05) is 0 Å². The zero-order valence-corrected chi connectivity index (χ0v) is 24.2. The number of allylic oxidation sites excluding steroid dienone is 1. The van der Waals surface area contributed by atoms with Gasteiger partial charge in [0, 0.05) is 21.2 Å². The van der Waals surface area contributed by atoms with Crippen LogP contribution in [-0.2, 0) is 13.0 Å². The molecule has 7 rings (SSSR count). The minimum atomic E-state index is -0.237. The van der Waals surface area contributed by atoms with Gasteiger partial charge < -0.3 is 4.74 Å². The summed E-state index contributed by atoms with van der Waals surface area (Å²) in [6, 6.07) is 31.4. The molecule has 0 unspecified atom stereocenters. The number of ether oxygens (including phenoxy) is 1. The van der Waals surface area contributed by atoms with Crippen LogP contribution < -0.4 is 19.6 Å². The molecule has 202 valence electrons. The first kappa shape index (κ1) is 26.0. The van der Waals surface area contributed by atoms with E-state index in [1.165, 1.54) is 22.5 Å². The summed E-state index contributed by atoms with van der Waals surface area (Å²) >= 11 is 13.9. The Labute approximate surface area is 251 Å². The lowest BCUT2D eigenvalue weighted by atomic mass is 9.83. The molecule has 0 saturated carbocycles. The first-order valence-corrected chi connectivity index (χ1v) is 15.0. The Bertz CT molecular complexity index is 2010. The molecule has 41 heavy (non-hydrogen) atoms. The van der Waals surface area contributed by atoms with E-state index in [2.05, 4.69) is 24.3 Å². The molecular weight excluding hydrogens is 571 g/mol. The van der Waals surface area contributed by atoms with E-state index in [0.29, 0.717) is 31.7 Å². The Morgan fingerprint density at radius 3 is 2.59 bits per heavy atom. The van der Waals surface area contributed by atoms with Gasteiger partial charge in [0.2, 0.25) is 0 Å². The normalized spacial score (nSPS) is 16.0. The second-order valence-electron chi connectivity index (χ2n) is 10.1. The molecule has 1 aromatic heterocycles. The molecule has 4 nitrogen and oxygen atoms in total. The predicted octanol–water partition coefficient (Wildman–Crippen LogP) is 7.20. The van der Waals surface area contributed by atoms with Crippen molar-refractivity contribution in [3.8, 4) is 5.75 Å². The number of rotatable bonds is 5. The Kier molecular flexibility index (Phi) is 6.87. The summed E-state index contributed by atoms with van der Waals surface area (Å²) in [4.78, 5) is 19.8. The molecule has 2 heterocycles. The van der Waals surface area contributed by atoms with Crippen molar-refractivity contribution in [3.05, 3.63) is 160 Å². The van der Waals surface area contributed by atoms with Crippen molar-refractivity contribution in [2.24, 2.45) is 4.99 Å². The number of aryl methyl sites for hydroxylation is 1. The number of thiazole rings is 1. The van der Waals surface area contributed by atoms with Gasteiger partial charge in [0.25, 0.3) is 5.56 Å². The summed E-state index contributed by atoms with van der Waals surface area (Å²) in [6.07, 6.45) is 3.68. The molecule has 7 heteroatoms. The van der Waals surface area contributed by atoms with Crippen molar-refractivity contribution in [1.82, 2.24) is 4.57 Å². The zero-order valence-electron chi connectivity index (χ0n) is 21.9. The number of halogens is 2. The van der Waals surface area contributed by atoms with Gasteiger partial charge in [0.05, 0.1) is 16.3 Å². The van der Waals surface area contributed by atoms with Crippen LogP contribution in [0.25, 0.3) is 11.8 Å². The second-order valence-corrected chi connectivity index (χ2v) is 12.0. The van der Waals surface area contributed by atoms with Crippen LogP contribution in [0.2, 0.25) is 10.0 Å². The first-order valence-electron chi connectivity index (χ1n) is 13.4. The maximum atomic E-state index is 14.0. The van der Waals surface area contributed by atoms with E-state index in [1.807, 2.05) is 83.4 Å². The maximum absolute atomic E-state index is 14.0. The fourth-order valence-electron chi connectivity index (χ4n) is 5.59. The van der Waals surface area contributed by atoms with Crippen molar-refractivity contribution < 1.29 is 4.74 Å². The van der Waals surface area contributed by atoms with E-state index in [4.69, 9.17) is 32.9 Å². The average molecular weight is 596 g/mol. The van der Waals surface area contributed by atoms with Gasteiger partial charge in [-0.15, -0.1) is 0 Å². The average Bonchev–Trinajstić information content (AvgIpc) is 3.30. The van der Waals surface area contributed by atoms with Crippen LogP contribution in [0.3, 0.4) is 0 Å². The second kappa shape index (κ2) is 10.8. The molecule has 0 bridgehead atoms. The molecule has 0 radical (unpaired) electrons. The molecule has 0 saturated heterocycles. The predicted molar refractivity (Wildman–Crippen MR) is 166 cm³/mol. The smallest absolute Gasteiger partial charge is 0.271 e. The number of hydrogen-bond acceptors (Lipinski definition) is 4. The quantitative estimate of drug-likeness (QED) is 0.216. The minimum absolute atomic E-state index is 0.0542. The van der Waals surface area contributed by atoms with E-state index in [-0.39, 0.29) is 11.6 Å². The molecule has 0 N–H and O–H groups in total. The summed E-state index contributed by atoms with van der Waals surface area (Å²) < 4.78 is 8.50. The van der Waals surface area contributed by atoms with E-state index < -0.39 is 0 Å². The highest BCUT2D eigenvalue weighted by atomic mass is 35.5. The molecule has 1 aliphatic heterocycles.